The van der Waals surface area contributed by atoms with Crippen molar-refractivity contribution in [2.45, 2.75) is 65.9 Å². The van der Waals surface area contributed by atoms with Crippen molar-refractivity contribution >= 4 is 22.0 Å². The molecule has 0 spiro atoms. The van der Waals surface area contributed by atoms with Gasteiger partial charge in [0.2, 0.25) is 0 Å². The minimum atomic E-state index is -0.401. The Hall–Kier alpha value is -0.250. The molecule has 0 aliphatic carbocycles. The molecule has 4 heteroatoms. The highest BCUT2D eigenvalue weighted by Crippen LogP contribution is 2.30. The van der Waals surface area contributed by atoms with Gasteiger partial charge in [-0.15, -0.1) is 0 Å². The van der Waals surface area contributed by atoms with Crippen molar-refractivity contribution in [3.63, 3.8) is 0 Å². The van der Waals surface area contributed by atoms with Gasteiger partial charge in [0.1, 0.15) is 5.60 Å². The molecule has 0 aromatic heterocycles. The van der Waals surface area contributed by atoms with Gasteiger partial charge in [0.15, 0.2) is 0 Å². The molecule has 0 N–H and O–H groups in total. The van der Waals surface area contributed by atoms with Crippen molar-refractivity contribution < 1.29 is 9.53 Å². The van der Waals surface area contributed by atoms with E-state index in [2.05, 4.69) is 29.8 Å². The van der Waals surface area contributed by atoms with Gasteiger partial charge in [-0.05, 0) is 57.8 Å². The van der Waals surface area contributed by atoms with E-state index in [9.17, 15) is 4.79 Å². The average molecular weight is 348 g/mol. The van der Waals surface area contributed by atoms with Gasteiger partial charge in [0, 0.05) is 18.4 Å². The van der Waals surface area contributed by atoms with Gasteiger partial charge in [-0.3, -0.25) is 0 Å². The molecule has 1 aliphatic rings. The maximum absolute atomic E-state index is 12.1. The summed E-state index contributed by atoms with van der Waals surface area (Å²) in [5, 5.41) is 1.03. The van der Waals surface area contributed by atoms with E-state index >= 15 is 0 Å². The van der Waals surface area contributed by atoms with Crippen LogP contribution < -0.4 is 0 Å². The van der Waals surface area contributed by atoms with E-state index < -0.39 is 5.60 Å². The summed E-state index contributed by atoms with van der Waals surface area (Å²) in [6.45, 7) is 12.0. The Balaban J connectivity index is 2.44. The van der Waals surface area contributed by atoms with E-state index in [1.54, 1.807) is 0 Å². The van der Waals surface area contributed by atoms with E-state index in [-0.39, 0.29) is 6.09 Å². The number of nitrogens with zero attached hydrogens (tertiary/aromatic N) is 1. The third-order valence-electron chi connectivity index (χ3n) is 3.76. The maximum atomic E-state index is 12.1. The molecule has 20 heavy (non-hydrogen) atoms. The molecule has 118 valence electrons. The minimum absolute atomic E-state index is 0.151. The quantitative estimate of drug-likeness (QED) is 0.681. The third-order valence-corrected chi connectivity index (χ3v) is 5.28. The Morgan fingerprint density at radius 1 is 1.30 bits per heavy atom. The van der Waals surface area contributed by atoms with Crippen LogP contribution in [0.3, 0.4) is 0 Å². The number of carbonyl (C=O) groups is 1. The van der Waals surface area contributed by atoms with E-state index in [4.69, 9.17) is 4.74 Å². The zero-order valence-corrected chi connectivity index (χ0v) is 15.3. The number of halogens is 1. The molecule has 1 unspecified atom stereocenters. The molecule has 1 amide bonds. The Bertz CT molecular complexity index is 323. The molecule has 1 aliphatic heterocycles. The second-order valence-corrected chi connectivity index (χ2v) is 8.33. The van der Waals surface area contributed by atoms with Crippen molar-refractivity contribution in [2.24, 2.45) is 11.3 Å². The summed E-state index contributed by atoms with van der Waals surface area (Å²) in [5.41, 5.74) is -0.0593. The molecule has 0 saturated carbocycles. The largest absolute Gasteiger partial charge is 0.444 e. The molecule has 0 radical (unpaired) electrons. The monoisotopic (exact) mass is 347 g/mol. The van der Waals surface area contributed by atoms with E-state index in [1.807, 2.05) is 25.7 Å². The Labute approximate surface area is 132 Å². The summed E-state index contributed by atoms with van der Waals surface area (Å²) in [6, 6.07) is 0. The summed E-state index contributed by atoms with van der Waals surface area (Å²) in [5.74, 6) is 0.620. The van der Waals surface area contributed by atoms with Gasteiger partial charge < -0.3 is 9.64 Å². The number of hydrogen-bond donors (Lipinski definition) is 0. The molecule has 1 heterocycles. The van der Waals surface area contributed by atoms with Crippen LogP contribution in [0.25, 0.3) is 0 Å². The molecular weight excluding hydrogens is 318 g/mol. The second kappa shape index (κ2) is 7.15. The predicted molar refractivity (Wildman–Crippen MR) is 87.3 cm³/mol. The number of hydrogen-bond acceptors (Lipinski definition) is 2. The van der Waals surface area contributed by atoms with E-state index in [1.165, 1.54) is 19.3 Å². The van der Waals surface area contributed by atoms with Gasteiger partial charge >= 0.3 is 6.09 Å². The normalized spacial score (nSPS) is 20.9. The summed E-state index contributed by atoms with van der Waals surface area (Å²) >= 11 is 3.58. The van der Waals surface area contributed by atoms with E-state index in [0.29, 0.717) is 11.3 Å². The molecule has 3 nitrogen and oxygen atoms in total. The SMILES string of the molecule is CC(C)(CBr)CCC1CCCN(C(=O)OC(C)(C)C)C1. The molecule has 1 saturated heterocycles. The van der Waals surface area contributed by atoms with Gasteiger partial charge in [0.25, 0.3) is 0 Å². The predicted octanol–water partition coefficient (Wildman–Crippen LogP) is 4.83. The van der Waals surface area contributed by atoms with Gasteiger partial charge in [-0.1, -0.05) is 29.8 Å². The zero-order valence-electron chi connectivity index (χ0n) is 13.7. The smallest absolute Gasteiger partial charge is 0.410 e. The Morgan fingerprint density at radius 3 is 2.50 bits per heavy atom. The topological polar surface area (TPSA) is 29.5 Å². The fourth-order valence-corrected chi connectivity index (χ4v) is 2.74. The van der Waals surface area contributed by atoms with Gasteiger partial charge in [0.05, 0.1) is 0 Å². The number of amides is 1. The zero-order chi connectivity index (χ0) is 15.4. The Kier molecular flexibility index (Phi) is 6.36. The van der Waals surface area contributed by atoms with Crippen LogP contribution >= 0.6 is 15.9 Å². The summed E-state index contributed by atoms with van der Waals surface area (Å²) in [4.78, 5) is 14.0. The van der Waals surface area contributed by atoms with Crippen LogP contribution in [0.4, 0.5) is 4.79 Å². The van der Waals surface area contributed by atoms with Crippen LogP contribution in [0.5, 0.6) is 0 Å². The highest BCUT2D eigenvalue weighted by atomic mass is 79.9. The fraction of sp³-hybridized carbons (Fsp3) is 0.938. The van der Waals surface area contributed by atoms with Crippen LogP contribution in [-0.4, -0.2) is 35.0 Å². The second-order valence-electron chi connectivity index (χ2n) is 7.77. The molecule has 0 bridgehead atoms. The highest BCUT2D eigenvalue weighted by molar-refractivity contribution is 9.09. The fourth-order valence-electron chi connectivity index (χ4n) is 2.45. The summed E-state index contributed by atoms with van der Waals surface area (Å²) < 4.78 is 5.47. The van der Waals surface area contributed by atoms with Gasteiger partial charge in [-0.25, -0.2) is 4.79 Å². The lowest BCUT2D eigenvalue weighted by atomic mass is 9.84. The first-order valence-corrected chi connectivity index (χ1v) is 8.79. The van der Waals surface area contributed by atoms with Crippen molar-refractivity contribution in [1.29, 1.82) is 0 Å². The molecule has 0 aromatic rings. The van der Waals surface area contributed by atoms with Crippen LogP contribution in [0, 0.1) is 11.3 Å². The molecular formula is C16H30BrNO2. The number of piperidine rings is 1. The van der Waals surface area contributed by atoms with Crippen molar-refractivity contribution in [3.8, 4) is 0 Å². The van der Waals surface area contributed by atoms with Crippen LogP contribution in [0.2, 0.25) is 0 Å². The van der Waals surface area contributed by atoms with Crippen LogP contribution in [0.1, 0.15) is 60.3 Å². The summed E-state index contributed by atoms with van der Waals surface area (Å²) in [6.07, 6.45) is 4.57. The number of rotatable bonds is 4. The van der Waals surface area contributed by atoms with Crippen LogP contribution in [0.15, 0.2) is 0 Å². The van der Waals surface area contributed by atoms with Crippen molar-refractivity contribution in [2.75, 3.05) is 18.4 Å². The Morgan fingerprint density at radius 2 is 1.95 bits per heavy atom. The molecule has 1 fully saturated rings. The number of ether oxygens (including phenoxy) is 1. The van der Waals surface area contributed by atoms with Crippen LogP contribution in [-0.2, 0) is 4.74 Å². The molecule has 0 aromatic carbocycles. The lowest BCUT2D eigenvalue weighted by Gasteiger charge is -2.35. The molecule has 1 atom stereocenters. The number of carbonyl (C=O) groups excluding carboxylic acids is 1. The van der Waals surface area contributed by atoms with Crippen molar-refractivity contribution in [3.05, 3.63) is 0 Å². The maximum Gasteiger partial charge on any atom is 0.410 e. The first kappa shape index (κ1) is 17.8. The third kappa shape index (κ3) is 6.47. The standard InChI is InChI=1S/C16H30BrNO2/c1-15(2,3)20-14(19)18-10-6-7-13(11-18)8-9-16(4,5)12-17/h13H,6-12H2,1-5H3. The summed E-state index contributed by atoms with van der Waals surface area (Å²) in [7, 11) is 0. The first-order chi connectivity index (χ1) is 9.13. The lowest BCUT2D eigenvalue weighted by molar-refractivity contribution is 0.0157. The van der Waals surface area contributed by atoms with Crippen molar-refractivity contribution in [1.82, 2.24) is 4.90 Å². The molecule has 1 rings (SSSR count). The van der Waals surface area contributed by atoms with Gasteiger partial charge in [-0.2, -0.15) is 0 Å². The number of alkyl halides is 1. The van der Waals surface area contributed by atoms with E-state index in [0.717, 1.165) is 24.8 Å². The highest BCUT2D eigenvalue weighted by Gasteiger charge is 2.28. The first-order valence-electron chi connectivity index (χ1n) is 7.67. The lowest BCUT2D eigenvalue weighted by Crippen LogP contribution is -2.43. The average Bonchev–Trinajstić information content (AvgIpc) is 2.35. The number of likely N-dealkylation sites (tertiary alicyclic amines) is 1. The minimum Gasteiger partial charge on any atom is -0.444 e.